The number of ether oxygens (including phenoxy) is 5. The molecule has 0 aliphatic carbocycles. The van der Waals surface area contributed by atoms with E-state index < -0.39 is 66.4 Å². The molecule has 438 valence electrons. The number of carboxylic acids is 1. The third-order valence-corrected chi connectivity index (χ3v) is 12.7. The molecule has 2 amide bonds. The Balaban J connectivity index is 0.000000317. The van der Waals surface area contributed by atoms with Crippen molar-refractivity contribution in [2.75, 3.05) is 56.1 Å². The quantitative estimate of drug-likeness (QED) is 0.0264. The number of halogens is 6. The third-order valence-electron chi connectivity index (χ3n) is 11.4. The van der Waals surface area contributed by atoms with Crippen molar-refractivity contribution in [3.63, 3.8) is 0 Å². The number of aliphatic carboxylic acids is 1. The zero-order chi connectivity index (χ0) is 60.1. The molecule has 4 aromatic carbocycles. The normalized spacial score (nSPS) is 13.1. The van der Waals surface area contributed by atoms with Gasteiger partial charge >= 0.3 is 31.4 Å². The molecule has 6 rings (SSSR count). The van der Waals surface area contributed by atoms with E-state index in [0.717, 1.165) is 54.4 Å². The highest BCUT2D eigenvalue weighted by atomic mass is 35.5. The first-order chi connectivity index (χ1) is 37.7. The molecule has 2 atom stereocenters. The van der Waals surface area contributed by atoms with Crippen LogP contribution in [0.25, 0.3) is 5.69 Å². The molecule has 0 saturated heterocycles. The summed E-state index contributed by atoms with van der Waals surface area (Å²) in [7, 11) is -0.300. The number of hydrogen-bond donors (Lipinski definition) is 4. The first kappa shape index (κ1) is 67.8. The van der Waals surface area contributed by atoms with Gasteiger partial charge in [-0.1, -0.05) is 86.4 Å². The van der Waals surface area contributed by atoms with Crippen LogP contribution in [-0.4, -0.2) is 111 Å². The lowest BCUT2D eigenvalue weighted by molar-refractivity contribution is -0.148. The van der Waals surface area contributed by atoms with E-state index in [2.05, 4.69) is 19.2 Å². The van der Waals surface area contributed by atoms with Gasteiger partial charge in [-0.3, -0.25) is 38.5 Å². The summed E-state index contributed by atoms with van der Waals surface area (Å²) in [6.07, 6.45) is -3.76. The highest BCUT2D eigenvalue weighted by Gasteiger charge is 2.35. The topological polar surface area (TPSA) is 255 Å². The molecule has 0 spiro atoms. The number of carboxylic acid groups (broad SMARTS) is 1. The molecule has 2 unspecified atom stereocenters. The third kappa shape index (κ3) is 20.0. The van der Waals surface area contributed by atoms with Gasteiger partial charge in [-0.25, -0.2) is 14.2 Å². The fourth-order valence-corrected chi connectivity index (χ4v) is 8.27. The van der Waals surface area contributed by atoms with Gasteiger partial charge in [0.2, 0.25) is 5.91 Å². The van der Waals surface area contributed by atoms with Crippen LogP contribution in [0.3, 0.4) is 0 Å². The van der Waals surface area contributed by atoms with Crippen molar-refractivity contribution >= 4 is 77.5 Å². The molecular formula is C53H64Cl3F3N5O15P. The van der Waals surface area contributed by atoms with E-state index in [9.17, 15) is 46.5 Å². The smallest absolute Gasteiger partial charge is 0.431 e. The van der Waals surface area contributed by atoms with Crippen molar-refractivity contribution < 1.29 is 75.5 Å². The van der Waals surface area contributed by atoms with Crippen LogP contribution in [0.4, 0.5) is 24.5 Å². The molecule has 0 radical (unpaired) electrons. The molecule has 20 nitrogen and oxygen atoms in total. The van der Waals surface area contributed by atoms with Crippen LogP contribution in [0.2, 0.25) is 0 Å². The number of alkyl halides is 6. The summed E-state index contributed by atoms with van der Waals surface area (Å²) in [4.78, 5) is 88.6. The van der Waals surface area contributed by atoms with E-state index in [1.165, 1.54) is 31.4 Å². The SMILES string of the molecule is CC1COc2ccccc2N1C(=O)C(Cl)Cl.CCc1ccc(COc2ccc(-n3c(=O)cc(C(F)(F)F)n(C)c3=O)cc2)c(OC(C)C(=O)OC)c1.CCc1cccc(CC)c1N(COC)C(=O)CCl.O=C(O)CNCP(=O)(O)O. The number of aromatic nitrogens is 2. The Bertz CT molecular complexity index is 3030. The van der Waals surface area contributed by atoms with Gasteiger partial charge in [0.05, 0.1) is 43.0 Å². The lowest BCUT2D eigenvalue weighted by Gasteiger charge is -2.35. The van der Waals surface area contributed by atoms with Crippen LogP contribution in [0.15, 0.2) is 101 Å². The number of esters is 1. The fraction of sp³-hybridized carbons (Fsp3) is 0.396. The molecule has 0 bridgehead atoms. The van der Waals surface area contributed by atoms with Gasteiger partial charge in [0, 0.05) is 25.8 Å². The second kappa shape index (κ2) is 32.1. The number of methoxy groups -OCH3 is 2. The number of nitrogens with zero attached hydrogens (tertiary/aromatic N) is 4. The molecule has 1 aromatic heterocycles. The number of amides is 2. The fourth-order valence-electron chi connectivity index (χ4n) is 7.51. The van der Waals surface area contributed by atoms with Crippen LogP contribution in [0.1, 0.15) is 62.6 Å². The maximum Gasteiger partial charge on any atom is 0.431 e. The van der Waals surface area contributed by atoms with Gasteiger partial charge < -0.3 is 43.5 Å². The molecular weight excluding hydrogens is 1140 g/mol. The number of hydrogen-bond acceptors (Lipinski definition) is 13. The summed E-state index contributed by atoms with van der Waals surface area (Å²) in [6.45, 7) is 9.92. The van der Waals surface area contributed by atoms with Gasteiger partial charge in [0.1, 0.15) is 48.8 Å². The molecule has 27 heteroatoms. The zero-order valence-electron chi connectivity index (χ0n) is 45.0. The number of anilines is 2. The summed E-state index contributed by atoms with van der Waals surface area (Å²) in [5, 5.41) is 10.1. The number of aryl methyl sites for hydroxylation is 3. The molecule has 1 aliphatic heterocycles. The molecule has 1 aliphatic rings. The van der Waals surface area contributed by atoms with Crippen molar-refractivity contribution in [2.24, 2.45) is 7.05 Å². The van der Waals surface area contributed by atoms with Crippen LogP contribution in [-0.2, 0) is 72.3 Å². The minimum atomic E-state index is -4.84. The van der Waals surface area contributed by atoms with Gasteiger partial charge in [0.15, 0.2) is 10.9 Å². The zero-order valence-corrected chi connectivity index (χ0v) is 48.2. The molecule has 2 heterocycles. The number of carbonyl (C=O) groups is 4. The van der Waals surface area contributed by atoms with Crippen LogP contribution in [0.5, 0.6) is 17.2 Å². The average molecular weight is 1210 g/mol. The predicted molar refractivity (Wildman–Crippen MR) is 297 cm³/mol. The Kier molecular flexibility index (Phi) is 27.2. The number of carbonyl (C=O) groups excluding carboxylic acids is 3. The second-order valence-electron chi connectivity index (χ2n) is 17.2. The van der Waals surface area contributed by atoms with E-state index in [1.54, 1.807) is 23.8 Å². The van der Waals surface area contributed by atoms with Crippen molar-refractivity contribution in [1.29, 1.82) is 0 Å². The van der Waals surface area contributed by atoms with Gasteiger partial charge in [0.25, 0.3) is 11.5 Å². The minimum absolute atomic E-state index is 0.0371. The maximum absolute atomic E-state index is 13.1. The Hall–Kier alpha value is -6.43. The molecule has 5 aromatic rings. The van der Waals surface area contributed by atoms with Gasteiger partial charge in [-0.05, 0) is 92.3 Å². The second-order valence-corrected chi connectivity index (χ2v) is 20.2. The number of para-hydroxylation sites is 3. The number of benzene rings is 4. The van der Waals surface area contributed by atoms with Crippen molar-refractivity contribution in [3.8, 4) is 22.9 Å². The number of nitrogens with one attached hydrogen (secondary N) is 1. The Labute approximate surface area is 475 Å². The molecule has 0 saturated carbocycles. The maximum atomic E-state index is 13.1. The summed E-state index contributed by atoms with van der Waals surface area (Å²) in [5.74, 6) is -0.628. The highest BCUT2D eigenvalue weighted by molar-refractivity contribution is 7.51. The predicted octanol–water partition coefficient (Wildman–Crippen LogP) is 8.02. The molecule has 4 N–H and O–H groups in total. The Morgan fingerprint density at radius 3 is 2.05 bits per heavy atom. The van der Waals surface area contributed by atoms with Crippen LogP contribution in [0, 0.1) is 0 Å². The van der Waals surface area contributed by atoms with E-state index in [-0.39, 0.29) is 42.8 Å². The van der Waals surface area contributed by atoms with Crippen LogP contribution >= 0.6 is 42.4 Å². The Morgan fingerprint density at radius 1 is 0.900 bits per heavy atom. The minimum Gasteiger partial charge on any atom is -0.489 e. The monoisotopic (exact) mass is 1200 g/mol. The summed E-state index contributed by atoms with van der Waals surface area (Å²) in [5.41, 5.74) is 2.16. The highest BCUT2D eigenvalue weighted by Crippen LogP contribution is 2.35. The van der Waals surface area contributed by atoms with E-state index in [4.69, 9.17) is 73.4 Å². The Morgan fingerprint density at radius 2 is 1.52 bits per heavy atom. The lowest BCUT2D eigenvalue weighted by atomic mass is 10.0. The largest absolute Gasteiger partial charge is 0.489 e. The van der Waals surface area contributed by atoms with E-state index >= 15 is 0 Å². The number of rotatable bonds is 19. The van der Waals surface area contributed by atoms with E-state index in [1.807, 2.05) is 74.5 Å². The van der Waals surface area contributed by atoms with Gasteiger partial charge in [-0.15, -0.1) is 11.6 Å². The van der Waals surface area contributed by atoms with Crippen LogP contribution < -0.4 is 40.6 Å². The summed E-state index contributed by atoms with van der Waals surface area (Å²) < 4.78 is 77.2. The van der Waals surface area contributed by atoms with Crippen molar-refractivity contribution in [3.05, 3.63) is 140 Å². The standard InChI is InChI=1S/C25H25F3N2O6.C14H20ClNO2.C11H11Cl2NO2.C3H8NO5P/c1-5-16-6-7-17(20(12-16)36-15(2)23(32)34-4)14-35-19-10-8-18(9-11-19)30-22(31)13-21(25(26,27)28)29(3)24(30)33;1-4-11-7-6-8-12(5-2)14(11)16(10-18-3)13(17)9-15;1-7-6-16-9-5-3-2-4-8(9)14(7)11(15)10(12)13;5-3(6)1-4-2-10(7,8)9/h6-13,15H,5,14H2,1-4H3;6-8H,4-5,9-10H2,1-3H3;2-5,7,10H,6H2,1H3;4H,1-2H2,(H,5,6)(H2,7,8,9). The first-order valence-electron chi connectivity index (χ1n) is 24.4. The lowest BCUT2D eigenvalue weighted by Crippen LogP contribution is -2.47. The first-order valence-corrected chi connectivity index (χ1v) is 27.6. The molecule has 80 heavy (non-hydrogen) atoms. The average Bonchev–Trinajstić information content (AvgIpc) is 3.42. The van der Waals surface area contributed by atoms with Crippen molar-refractivity contribution in [1.82, 2.24) is 14.5 Å². The summed E-state index contributed by atoms with van der Waals surface area (Å²) >= 11 is 16.9. The number of fused-ring (bicyclic) bond motifs is 1. The van der Waals surface area contributed by atoms with Gasteiger partial charge in [-0.2, -0.15) is 13.2 Å². The summed E-state index contributed by atoms with van der Waals surface area (Å²) in [6, 6.07) is 25.0. The van der Waals surface area contributed by atoms with E-state index in [0.29, 0.717) is 44.6 Å². The van der Waals surface area contributed by atoms with Crippen molar-refractivity contribution in [2.45, 2.75) is 83.6 Å². The molecule has 0 fully saturated rings.